The zero-order valence-corrected chi connectivity index (χ0v) is 22.5. The van der Waals surface area contributed by atoms with Crippen LogP contribution in [0.15, 0.2) is 53.6 Å². The Morgan fingerprint density at radius 2 is 1.85 bits per heavy atom. The Morgan fingerprint density at radius 3 is 2.50 bits per heavy atom. The molecule has 0 saturated carbocycles. The predicted octanol–water partition coefficient (Wildman–Crippen LogP) is 5.80. The highest BCUT2D eigenvalue weighted by Gasteiger charge is 2.46. The fraction of sp³-hybridized carbons (Fsp3) is 0.379. The molecule has 6 heterocycles. The third kappa shape index (κ3) is 4.33. The number of nitrogens with zero attached hydrogens (tertiary/aromatic N) is 5. The van der Waals surface area contributed by atoms with Crippen LogP contribution in [0.5, 0.6) is 0 Å². The smallest absolute Gasteiger partial charge is 0.417 e. The van der Waals surface area contributed by atoms with Gasteiger partial charge in [-0.1, -0.05) is 0 Å². The van der Waals surface area contributed by atoms with E-state index in [9.17, 15) is 22.8 Å². The summed E-state index contributed by atoms with van der Waals surface area (Å²) in [4.78, 5) is 36.7. The summed E-state index contributed by atoms with van der Waals surface area (Å²) in [6.07, 6.45) is -0.0471. The number of carbonyl (C=O) groups excluding carboxylic acids is 1. The number of aryl methyl sites for hydroxylation is 1. The molecule has 2 aliphatic rings. The van der Waals surface area contributed by atoms with Crippen molar-refractivity contribution in [3.05, 3.63) is 76.0 Å². The lowest BCUT2D eigenvalue weighted by atomic mass is 9.98. The number of ether oxygens (including phenoxy) is 1. The van der Waals surface area contributed by atoms with Crippen LogP contribution in [-0.2, 0) is 24.4 Å². The van der Waals surface area contributed by atoms with Crippen LogP contribution in [0, 0.1) is 0 Å². The molecular weight excluding hydrogens is 523 g/mol. The van der Waals surface area contributed by atoms with E-state index in [1.165, 1.54) is 16.7 Å². The van der Waals surface area contributed by atoms with Gasteiger partial charge in [0, 0.05) is 60.2 Å². The van der Waals surface area contributed by atoms with Gasteiger partial charge in [-0.3, -0.25) is 19.2 Å². The van der Waals surface area contributed by atoms with Crippen LogP contribution < -0.4 is 5.56 Å². The summed E-state index contributed by atoms with van der Waals surface area (Å²) in [6.45, 7) is 5.58. The van der Waals surface area contributed by atoms with Crippen molar-refractivity contribution < 1.29 is 22.7 Å². The van der Waals surface area contributed by atoms with Crippen LogP contribution in [0.2, 0.25) is 0 Å². The summed E-state index contributed by atoms with van der Waals surface area (Å²) in [5.41, 5.74) is 1.76. The van der Waals surface area contributed by atoms with Crippen molar-refractivity contribution in [1.82, 2.24) is 24.0 Å². The quantitative estimate of drug-likeness (QED) is 0.315. The van der Waals surface area contributed by atoms with E-state index in [1.54, 1.807) is 18.3 Å². The molecule has 0 aromatic carbocycles. The first kappa shape index (κ1) is 26.1. The maximum atomic E-state index is 13.1. The molecule has 1 saturated heterocycles. The van der Waals surface area contributed by atoms with E-state index in [0.29, 0.717) is 23.4 Å². The summed E-state index contributed by atoms with van der Waals surface area (Å²) in [7, 11) is 1.95. The zero-order chi connectivity index (χ0) is 28.6. The van der Waals surface area contributed by atoms with E-state index in [2.05, 4.69) is 4.98 Å². The molecule has 6 rings (SSSR count). The Bertz CT molecular complexity index is 1700. The van der Waals surface area contributed by atoms with Gasteiger partial charge in [0.25, 0.3) is 5.56 Å². The Morgan fingerprint density at radius 1 is 1.07 bits per heavy atom. The topological polar surface area (TPSA) is 82.3 Å². The van der Waals surface area contributed by atoms with Crippen molar-refractivity contribution in [3.63, 3.8) is 0 Å². The van der Waals surface area contributed by atoms with E-state index < -0.39 is 17.3 Å². The molecule has 2 unspecified atom stereocenters. The Hall–Kier alpha value is -4.15. The minimum atomic E-state index is -4.48. The number of amides is 1. The van der Waals surface area contributed by atoms with Gasteiger partial charge >= 0.3 is 12.3 Å². The monoisotopic (exact) mass is 551 g/mol. The van der Waals surface area contributed by atoms with Gasteiger partial charge in [-0.15, -0.1) is 0 Å². The van der Waals surface area contributed by atoms with Crippen molar-refractivity contribution in [2.75, 3.05) is 0 Å². The molecule has 4 aromatic heterocycles. The second kappa shape index (κ2) is 8.94. The fourth-order valence-electron chi connectivity index (χ4n) is 5.86. The highest BCUT2D eigenvalue weighted by Crippen LogP contribution is 2.47. The van der Waals surface area contributed by atoms with Gasteiger partial charge in [-0.25, -0.2) is 9.78 Å². The summed E-state index contributed by atoms with van der Waals surface area (Å²) in [6, 6.07) is 8.79. The molecule has 0 N–H and O–H groups in total. The SMILES string of the molecule is Cn1c2c(c3ccc(-n4ccc(-c5ccc(C(F)(F)F)cn5)cc4=O)nc31)C1CCC(C2)N1C(=O)OC(C)(C)C. The van der Waals surface area contributed by atoms with E-state index in [-0.39, 0.29) is 29.4 Å². The van der Waals surface area contributed by atoms with E-state index >= 15 is 0 Å². The number of hydrogen-bond donors (Lipinski definition) is 0. The number of pyridine rings is 3. The van der Waals surface area contributed by atoms with Gasteiger partial charge in [-0.05, 0) is 63.9 Å². The average molecular weight is 552 g/mol. The average Bonchev–Trinajstić information content (AvgIpc) is 3.35. The first-order valence-electron chi connectivity index (χ1n) is 13.1. The van der Waals surface area contributed by atoms with Crippen molar-refractivity contribution >= 4 is 17.1 Å². The second-order valence-corrected chi connectivity index (χ2v) is 11.4. The molecule has 2 aliphatic heterocycles. The number of rotatable bonds is 2. The Labute approximate surface area is 228 Å². The normalized spacial score (nSPS) is 18.7. The molecular formula is C29H28F3N5O3. The molecule has 0 aliphatic carbocycles. The van der Waals surface area contributed by atoms with Crippen LogP contribution in [0.1, 0.15) is 56.5 Å². The maximum absolute atomic E-state index is 13.1. The molecule has 208 valence electrons. The molecule has 1 amide bonds. The lowest BCUT2D eigenvalue weighted by molar-refractivity contribution is -0.137. The number of alkyl halides is 3. The Balaban J connectivity index is 1.34. The summed E-state index contributed by atoms with van der Waals surface area (Å²) >= 11 is 0. The minimum absolute atomic E-state index is 0.0591. The molecule has 40 heavy (non-hydrogen) atoms. The summed E-state index contributed by atoms with van der Waals surface area (Å²) in [5.74, 6) is 0.413. The third-order valence-corrected chi connectivity index (χ3v) is 7.61. The first-order chi connectivity index (χ1) is 18.8. The van der Waals surface area contributed by atoms with Crippen molar-refractivity contribution in [1.29, 1.82) is 0 Å². The van der Waals surface area contributed by atoms with E-state index in [4.69, 9.17) is 9.72 Å². The molecule has 0 spiro atoms. The van der Waals surface area contributed by atoms with Crippen molar-refractivity contribution in [3.8, 4) is 17.1 Å². The van der Waals surface area contributed by atoms with E-state index in [1.807, 2.05) is 43.4 Å². The lowest BCUT2D eigenvalue weighted by Gasteiger charge is -2.36. The highest BCUT2D eigenvalue weighted by atomic mass is 19.4. The molecule has 4 aromatic rings. The molecule has 2 atom stereocenters. The van der Waals surface area contributed by atoms with Crippen LogP contribution in [-0.4, -0.2) is 41.7 Å². The van der Waals surface area contributed by atoms with Gasteiger partial charge in [0.1, 0.15) is 17.1 Å². The third-order valence-electron chi connectivity index (χ3n) is 7.61. The molecule has 11 heteroatoms. The molecule has 8 nitrogen and oxygen atoms in total. The minimum Gasteiger partial charge on any atom is -0.444 e. The molecule has 1 fully saturated rings. The maximum Gasteiger partial charge on any atom is 0.417 e. The summed E-state index contributed by atoms with van der Waals surface area (Å²) in [5, 5.41) is 0.929. The molecule has 0 radical (unpaired) electrons. The van der Waals surface area contributed by atoms with Gasteiger partial charge in [-0.2, -0.15) is 13.2 Å². The largest absolute Gasteiger partial charge is 0.444 e. The van der Waals surface area contributed by atoms with Crippen molar-refractivity contribution in [2.24, 2.45) is 7.05 Å². The van der Waals surface area contributed by atoms with Crippen LogP contribution in [0.4, 0.5) is 18.0 Å². The lowest BCUT2D eigenvalue weighted by Crippen LogP contribution is -2.44. The van der Waals surface area contributed by atoms with Crippen LogP contribution >= 0.6 is 0 Å². The standard InChI is InChI=1S/C29H28F3N5O3/c1-28(2,3)40-27(39)37-18-6-9-21(37)25-19-7-10-23(34-26(19)35(4)22(25)14-18)36-12-11-16(13-24(36)38)20-8-5-17(15-33-20)29(30,31)32/h5,7-8,10-13,15,18,21H,6,9,14H2,1-4H3. The predicted molar refractivity (Wildman–Crippen MR) is 142 cm³/mol. The Kier molecular flexibility index (Phi) is 5.83. The molecule has 2 bridgehead atoms. The summed E-state index contributed by atoms with van der Waals surface area (Å²) < 4.78 is 47.8. The first-order valence-corrected chi connectivity index (χ1v) is 13.1. The number of carbonyl (C=O) groups is 1. The van der Waals surface area contributed by atoms with Crippen LogP contribution in [0.3, 0.4) is 0 Å². The van der Waals surface area contributed by atoms with Gasteiger partial charge < -0.3 is 9.30 Å². The number of hydrogen-bond acceptors (Lipinski definition) is 5. The van der Waals surface area contributed by atoms with Crippen LogP contribution in [0.25, 0.3) is 28.1 Å². The van der Waals surface area contributed by atoms with Gasteiger partial charge in [0.05, 0.1) is 17.3 Å². The van der Waals surface area contributed by atoms with E-state index in [0.717, 1.165) is 41.7 Å². The number of halogens is 3. The number of fused-ring (bicyclic) bond motifs is 6. The zero-order valence-electron chi connectivity index (χ0n) is 22.5. The van der Waals surface area contributed by atoms with Gasteiger partial charge in [0.2, 0.25) is 0 Å². The van der Waals surface area contributed by atoms with Crippen molar-refractivity contribution in [2.45, 2.75) is 63.9 Å². The van der Waals surface area contributed by atoms with Gasteiger partial charge in [0.15, 0.2) is 0 Å². The second-order valence-electron chi connectivity index (χ2n) is 11.4. The fourth-order valence-corrected chi connectivity index (χ4v) is 5.86. The highest BCUT2D eigenvalue weighted by molar-refractivity contribution is 5.85. The number of aromatic nitrogens is 4.